The summed E-state index contributed by atoms with van der Waals surface area (Å²) in [5.41, 5.74) is 3.20. The molecule has 110 valence electrons. The summed E-state index contributed by atoms with van der Waals surface area (Å²) in [5, 5.41) is 2.96. The van der Waals surface area contributed by atoms with Gasteiger partial charge in [0.15, 0.2) is 0 Å². The molecule has 0 spiro atoms. The molecule has 1 atom stereocenters. The van der Waals surface area contributed by atoms with E-state index in [0.29, 0.717) is 6.54 Å². The van der Waals surface area contributed by atoms with Gasteiger partial charge < -0.3 is 10.2 Å². The molecule has 0 aliphatic carbocycles. The third-order valence-corrected chi connectivity index (χ3v) is 3.49. The van der Waals surface area contributed by atoms with Crippen molar-refractivity contribution in [3.05, 3.63) is 65.5 Å². The van der Waals surface area contributed by atoms with Crippen LogP contribution in [-0.4, -0.2) is 23.0 Å². The molecule has 2 rings (SSSR count). The highest BCUT2D eigenvalue weighted by molar-refractivity contribution is 5.74. The van der Waals surface area contributed by atoms with E-state index in [-0.39, 0.29) is 12.1 Å². The lowest BCUT2D eigenvalue weighted by Crippen LogP contribution is -2.38. The first-order valence-corrected chi connectivity index (χ1v) is 7.05. The van der Waals surface area contributed by atoms with Crippen LogP contribution in [0.4, 0.5) is 4.79 Å². The van der Waals surface area contributed by atoms with Crippen LogP contribution in [0.3, 0.4) is 0 Å². The number of aryl methyl sites for hydroxylation is 1. The molecule has 2 amide bonds. The zero-order chi connectivity index (χ0) is 15.2. The molecule has 4 heteroatoms. The second-order valence-electron chi connectivity index (χ2n) is 5.21. The van der Waals surface area contributed by atoms with E-state index in [0.717, 1.165) is 11.3 Å². The maximum atomic E-state index is 12.2. The molecule has 0 aliphatic rings. The van der Waals surface area contributed by atoms with Gasteiger partial charge in [0.2, 0.25) is 0 Å². The van der Waals surface area contributed by atoms with Gasteiger partial charge in [0.1, 0.15) is 0 Å². The number of hydrogen-bond donors (Lipinski definition) is 1. The minimum atomic E-state index is -0.113. The standard InChI is InChI=1S/C17H21N3O/c1-13-8-4-5-9-15(13)12-20(3)17(21)19-14(2)16-10-6-7-11-18-16/h4-11,14H,12H2,1-3H3,(H,19,21)/t14-/m1/s1. The van der Waals surface area contributed by atoms with Crippen LogP contribution >= 0.6 is 0 Å². The highest BCUT2D eigenvalue weighted by Gasteiger charge is 2.14. The highest BCUT2D eigenvalue weighted by atomic mass is 16.2. The molecule has 0 saturated carbocycles. The highest BCUT2D eigenvalue weighted by Crippen LogP contribution is 2.11. The molecule has 4 nitrogen and oxygen atoms in total. The van der Waals surface area contributed by atoms with Crippen molar-refractivity contribution in [2.75, 3.05) is 7.05 Å². The maximum absolute atomic E-state index is 12.2. The fourth-order valence-electron chi connectivity index (χ4n) is 2.12. The van der Waals surface area contributed by atoms with Crippen molar-refractivity contribution in [3.63, 3.8) is 0 Å². The molecular weight excluding hydrogens is 262 g/mol. The summed E-state index contributed by atoms with van der Waals surface area (Å²) in [6, 6.07) is 13.6. The lowest BCUT2D eigenvalue weighted by atomic mass is 10.1. The summed E-state index contributed by atoms with van der Waals surface area (Å²) in [4.78, 5) is 18.2. The molecule has 0 unspecified atom stereocenters. The van der Waals surface area contributed by atoms with Crippen molar-refractivity contribution >= 4 is 6.03 Å². The SMILES string of the molecule is Cc1ccccc1CN(C)C(=O)N[C@H](C)c1ccccn1. The summed E-state index contributed by atoms with van der Waals surface area (Å²) in [5.74, 6) is 0. The first kappa shape index (κ1) is 15.0. The summed E-state index contributed by atoms with van der Waals surface area (Å²) >= 11 is 0. The van der Waals surface area contributed by atoms with Gasteiger partial charge in [0.05, 0.1) is 11.7 Å². The second-order valence-corrected chi connectivity index (χ2v) is 5.21. The van der Waals surface area contributed by atoms with Crippen molar-refractivity contribution in [2.24, 2.45) is 0 Å². The Bertz CT molecular complexity index is 598. The van der Waals surface area contributed by atoms with E-state index in [1.807, 2.05) is 43.3 Å². The Labute approximate surface area is 125 Å². The largest absolute Gasteiger partial charge is 0.330 e. The van der Waals surface area contributed by atoms with Crippen LogP contribution in [0.1, 0.15) is 29.8 Å². The zero-order valence-electron chi connectivity index (χ0n) is 12.7. The molecule has 0 bridgehead atoms. The minimum absolute atomic E-state index is 0.101. The molecule has 0 aliphatic heterocycles. The molecule has 0 saturated heterocycles. The average Bonchev–Trinajstić information content (AvgIpc) is 2.50. The van der Waals surface area contributed by atoms with Crippen molar-refractivity contribution < 1.29 is 4.79 Å². The zero-order valence-corrected chi connectivity index (χ0v) is 12.7. The number of carbonyl (C=O) groups excluding carboxylic acids is 1. The summed E-state index contributed by atoms with van der Waals surface area (Å²) in [6.07, 6.45) is 1.73. The van der Waals surface area contributed by atoms with Gasteiger partial charge in [-0.15, -0.1) is 0 Å². The number of pyridine rings is 1. The van der Waals surface area contributed by atoms with E-state index in [2.05, 4.69) is 23.3 Å². The third kappa shape index (κ3) is 4.05. The Morgan fingerprint density at radius 1 is 1.24 bits per heavy atom. The van der Waals surface area contributed by atoms with Crippen LogP contribution < -0.4 is 5.32 Å². The lowest BCUT2D eigenvalue weighted by Gasteiger charge is -2.22. The maximum Gasteiger partial charge on any atom is 0.317 e. The molecule has 1 N–H and O–H groups in total. The summed E-state index contributed by atoms with van der Waals surface area (Å²) < 4.78 is 0. The van der Waals surface area contributed by atoms with Gasteiger partial charge in [-0.2, -0.15) is 0 Å². The quantitative estimate of drug-likeness (QED) is 0.935. The second kappa shape index (κ2) is 6.88. The molecule has 1 aromatic heterocycles. The normalized spacial score (nSPS) is 11.8. The average molecular weight is 283 g/mol. The fourth-order valence-corrected chi connectivity index (χ4v) is 2.12. The molecule has 0 fully saturated rings. The number of urea groups is 1. The molecule has 2 aromatic rings. The molecule has 21 heavy (non-hydrogen) atoms. The summed E-state index contributed by atoms with van der Waals surface area (Å²) in [6.45, 7) is 4.58. The van der Waals surface area contributed by atoms with E-state index in [4.69, 9.17) is 0 Å². The van der Waals surface area contributed by atoms with E-state index in [1.165, 1.54) is 5.56 Å². The molecular formula is C17H21N3O. The van der Waals surface area contributed by atoms with E-state index >= 15 is 0 Å². The molecule has 1 aromatic carbocycles. The monoisotopic (exact) mass is 283 g/mol. The van der Waals surface area contributed by atoms with Gasteiger partial charge in [-0.1, -0.05) is 30.3 Å². The van der Waals surface area contributed by atoms with Crippen LogP contribution in [0.15, 0.2) is 48.7 Å². The Hall–Kier alpha value is -2.36. The summed E-state index contributed by atoms with van der Waals surface area (Å²) in [7, 11) is 1.80. The van der Waals surface area contributed by atoms with Crippen molar-refractivity contribution in [3.8, 4) is 0 Å². The minimum Gasteiger partial charge on any atom is -0.330 e. The van der Waals surface area contributed by atoms with Gasteiger partial charge in [-0.25, -0.2) is 4.79 Å². The van der Waals surface area contributed by atoms with Gasteiger partial charge in [-0.05, 0) is 37.1 Å². The number of aromatic nitrogens is 1. The number of hydrogen-bond acceptors (Lipinski definition) is 2. The predicted molar refractivity (Wildman–Crippen MR) is 83.8 cm³/mol. The van der Waals surface area contributed by atoms with Crippen LogP contribution in [0.5, 0.6) is 0 Å². The van der Waals surface area contributed by atoms with E-state index < -0.39 is 0 Å². The molecule has 1 heterocycles. The number of amides is 2. The van der Waals surface area contributed by atoms with Crippen LogP contribution in [0, 0.1) is 6.92 Å². The van der Waals surface area contributed by atoms with Gasteiger partial charge >= 0.3 is 6.03 Å². The number of carbonyl (C=O) groups is 1. The Balaban J connectivity index is 1.95. The lowest BCUT2D eigenvalue weighted by molar-refractivity contribution is 0.203. The van der Waals surface area contributed by atoms with Crippen LogP contribution in [-0.2, 0) is 6.54 Å². The smallest absolute Gasteiger partial charge is 0.317 e. The fraction of sp³-hybridized carbons (Fsp3) is 0.294. The van der Waals surface area contributed by atoms with Crippen molar-refractivity contribution in [1.82, 2.24) is 15.2 Å². The Kier molecular flexibility index (Phi) is 4.93. The first-order valence-electron chi connectivity index (χ1n) is 7.05. The van der Waals surface area contributed by atoms with Crippen molar-refractivity contribution in [2.45, 2.75) is 26.4 Å². The Morgan fingerprint density at radius 2 is 1.95 bits per heavy atom. The topological polar surface area (TPSA) is 45.2 Å². The van der Waals surface area contributed by atoms with Crippen LogP contribution in [0.25, 0.3) is 0 Å². The number of nitrogens with zero attached hydrogens (tertiary/aromatic N) is 2. The van der Waals surface area contributed by atoms with Gasteiger partial charge in [-0.3, -0.25) is 4.98 Å². The number of rotatable bonds is 4. The molecule has 0 radical (unpaired) electrons. The number of nitrogens with one attached hydrogen (secondary N) is 1. The van der Waals surface area contributed by atoms with Crippen LogP contribution in [0.2, 0.25) is 0 Å². The van der Waals surface area contributed by atoms with E-state index in [1.54, 1.807) is 18.1 Å². The van der Waals surface area contributed by atoms with E-state index in [9.17, 15) is 4.79 Å². The third-order valence-electron chi connectivity index (χ3n) is 3.49. The van der Waals surface area contributed by atoms with Crippen molar-refractivity contribution in [1.29, 1.82) is 0 Å². The van der Waals surface area contributed by atoms with Gasteiger partial charge in [0, 0.05) is 19.8 Å². The Morgan fingerprint density at radius 3 is 2.62 bits per heavy atom. The number of benzene rings is 1. The van der Waals surface area contributed by atoms with Gasteiger partial charge in [0.25, 0.3) is 0 Å². The first-order chi connectivity index (χ1) is 10.1. The predicted octanol–water partition coefficient (Wildman–Crippen LogP) is 3.29.